The number of carbonyl (C=O) groups excluding carboxylic acids is 1. The second kappa shape index (κ2) is 10.6. The zero-order valence-electron chi connectivity index (χ0n) is 20.2. The number of fused-ring (bicyclic) bond motifs is 1. The van der Waals surface area contributed by atoms with E-state index in [2.05, 4.69) is 34.3 Å². The van der Waals surface area contributed by atoms with Gasteiger partial charge in [0.05, 0.1) is 17.6 Å². The third-order valence-corrected chi connectivity index (χ3v) is 6.24. The van der Waals surface area contributed by atoms with Gasteiger partial charge in [-0.25, -0.2) is 0 Å². The average molecular weight is 503 g/mol. The van der Waals surface area contributed by atoms with Gasteiger partial charge in [-0.2, -0.15) is 0 Å². The summed E-state index contributed by atoms with van der Waals surface area (Å²) >= 11 is 5.26. The van der Waals surface area contributed by atoms with Crippen LogP contribution < -0.4 is 15.4 Å². The molecule has 4 rings (SSSR count). The molecule has 4 aromatic rings. The number of hydrogen-bond donors (Lipinski definition) is 2. The molecule has 184 valence electrons. The molecule has 2 N–H and O–H groups in total. The molecule has 0 atom stereocenters. The smallest absolute Gasteiger partial charge is 0.296 e. The number of hydrogen-bond acceptors (Lipinski definition) is 5. The molecule has 0 saturated heterocycles. The Morgan fingerprint density at radius 1 is 1.08 bits per heavy atom. The number of aromatic nitrogens is 1. The standard InChI is InChI=1S/C27H26N4O4S/c1-4-35-21-11-12-23(25(15-21)31(33)34)28-27(36)29-26(32)20-10-13-24-22(14-20)17(2)18(3)30(24)16-19-8-6-5-7-9-19/h5-15H,4,16H2,1-3H3,(H2,28,29,32,36). The zero-order chi connectivity index (χ0) is 25.8. The van der Waals surface area contributed by atoms with Gasteiger partial charge in [0.2, 0.25) is 0 Å². The summed E-state index contributed by atoms with van der Waals surface area (Å²) in [7, 11) is 0. The van der Waals surface area contributed by atoms with E-state index in [-0.39, 0.29) is 16.5 Å². The van der Waals surface area contributed by atoms with E-state index in [1.165, 1.54) is 17.7 Å². The van der Waals surface area contributed by atoms with Crippen LogP contribution in [0.5, 0.6) is 5.75 Å². The summed E-state index contributed by atoms with van der Waals surface area (Å²) in [6.07, 6.45) is 0. The molecule has 36 heavy (non-hydrogen) atoms. The molecule has 0 aliphatic heterocycles. The minimum absolute atomic E-state index is 0.0399. The molecular weight excluding hydrogens is 476 g/mol. The number of nitro groups is 1. The lowest BCUT2D eigenvalue weighted by Crippen LogP contribution is -2.34. The van der Waals surface area contributed by atoms with Gasteiger partial charge in [0.1, 0.15) is 11.4 Å². The normalized spacial score (nSPS) is 10.8. The maximum absolute atomic E-state index is 12.9. The molecular formula is C27H26N4O4S. The first-order chi connectivity index (χ1) is 17.3. The highest BCUT2D eigenvalue weighted by Crippen LogP contribution is 2.30. The molecule has 0 radical (unpaired) electrons. The number of rotatable bonds is 7. The summed E-state index contributed by atoms with van der Waals surface area (Å²) in [5.41, 5.74) is 4.86. The van der Waals surface area contributed by atoms with Crippen molar-refractivity contribution in [2.75, 3.05) is 11.9 Å². The molecule has 9 heteroatoms. The third kappa shape index (κ3) is 5.21. The van der Waals surface area contributed by atoms with Gasteiger partial charge in [0.25, 0.3) is 11.6 Å². The van der Waals surface area contributed by atoms with Crippen LogP contribution in [0.3, 0.4) is 0 Å². The number of ether oxygens (including phenoxy) is 1. The van der Waals surface area contributed by atoms with Gasteiger partial charge in [0, 0.05) is 28.7 Å². The van der Waals surface area contributed by atoms with Crippen LogP contribution in [0.1, 0.15) is 34.1 Å². The Balaban J connectivity index is 1.53. The van der Waals surface area contributed by atoms with Gasteiger partial charge in [-0.3, -0.25) is 20.2 Å². The Hall–Kier alpha value is -4.24. The number of anilines is 1. The summed E-state index contributed by atoms with van der Waals surface area (Å²) in [6.45, 7) is 7.02. The SMILES string of the molecule is CCOc1ccc(NC(=S)NC(=O)c2ccc3c(c2)c(C)c(C)n3Cc2ccccc2)c([N+](=O)[O-])c1. The Kier molecular flexibility index (Phi) is 7.30. The molecule has 1 aromatic heterocycles. The fourth-order valence-corrected chi connectivity index (χ4v) is 4.32. The second-order valence-corrected chi connectivity index (χ2v) is 8.70. The van der Waals surface area contributed by atoms with Crippen LogP contribution in [0, 0.1) is 24.0 Å². The quantitative estimate of drug-likeness (QED) is 0.190. The van der Waals surface area contributed by atoms with Crippen molar-refractivity contribution in [3.63, 3.8) is 0 Å². The monoisotopic (exact) mass is 502 g/mol. The number of nitrogens with one attached hydrogen (secondary N) is 2. The molecule has 0 aliphatic carbocycles. The van der Waals surface area contributed by atoms with Crippen molar-refractivity contribution >= 4 is 45.5 Å². The molecule has 0 aliphatic rings. The average Bonchev–Trinajstić information content (AvgIpc) is 3.10. The first-order valence-electron chi connectivity index (χ1n) is 11.5. The van der Waals surface area contributed by atoms with E-state index >= 15 is 0 Å². The molecule has 1 amide bonds. The predicted molar refractivity (Wildman–Crippen MR) is 145 cm³/mol. The van der Waals surface area contributed by atoms with E-state index in [4.69, 9.17) is 17.0 Å². The fraction of sp³-hybridized carbons (Fsp3) is 0.185. The van der Waals surface area contributed by atoms with Gasteiger partial charge in [0.15, 0.2) is 5.11 Å². The number of amides is 1. The minimum Gasteiger partial charge on any atom is -0.494 e. The molecule has 3 aromatic carbocycles. The van der Waals surface area contributed by atoms with Crippen molar-refractivity contribution in [3.8, 4) is 5.75 Å². The number of carbonyl (C=O) groups is 1. The summed E-state index contributed by atoms with van der Waals surface area (Å²) in [5, 5.41) is 17.8. The van der Waals surface area contributed by atoms with Crippen molar-refractivity contribution in [3.05, 3.63) is 99.2 Å². The number of aryl methyl sites for hydroxylation is 1. The van der Waals surface area contributed by atoms with Crippen LogP contribution in [-0.2, 0) is 6.54 Å². The molecule has 0 fully saturated rings. The van der Waals surface area contributed by atoms with E-state index in [9.17, 15) is 14.9 Å². The maximum Gasteiger partial charge on any atom is 0.296 e. The number of thiocarbonyl (C=S) groups is 1. The van der Waals surface area contributed by atoms with Crippen LogP contribution in [0.25, 0.3) is 10.9 Å². The lowest BCUT2D eigenvalue weighted by molar-refractivity contribution is -0.384. The van der Waals surface area contributed by atoms with Crippen molar-refractivity contribution in [2.24, 2.45) is 0 Å². The number of benzene rings is 3. The first-order valence-corrected chi connectivity index (χ1v) is 11.9. The Bertz CT molecular complexity index is 1460. The third-order valence-electron chi connectivity index (χ3n) is 6.04. The van der Waals surface area contributed by atoms with Crippen LogP contribution >= 0.6 is 12.2 Å². The molecule has 1 heterocycles. The largest absolute Gasteiger partial charge is 0.494 e. The van der Waals surface area contributed by atoms with Gasteiger partial charge >= 0.3 is 0 Å². The van der Waals surface area contributed by atoms with E-state index in [0.29, 0.717) is 17.9 Å². The summed E-state index contributed by atoms with van der Waals surface area (Å²) in [4.78, 5) is 23.9. The van der Waals surface area contributed by atoms with E-state index in [1.807, 2.05) is 37.3 Å². The Morgan fingerprint density at radius 2 is 1.83 bits per heavy atom. The minimum atomic E-state index is -0.533. The summed E-state index contributed by atoms with van der Waals surface area (Å²) < 4.78 is 7.57. The van der Waals surface area contributed by atoms with Gasteiger partial charge in [-0.05, 0) is 74.4 Å². The topological polar surface area (TPSA) is 98.4 Å². The first kappa shape index (κ1) is 24.9. The van der Waals surface area contributed by atoms with Crippen LogP contribution in [0.15, 0.2) is 66.7 Å². The van der Waals surface area contributed by atoms with Crippen LogP contribution in [0.2, 0.25) is 0 Å². The molecule has 0 bridgehead atoms. The summed E-state index contributed by atoms with van der Waals surface area (Å²) in [5.74, 6) is -0.0290. The van der Waals surface area contributed by atoms with Crippen LogP contribution in [-0.4, -0.2) is 27.1 Å². The van der Waals surface area contributed by atoms with Crippen molar-refractivity contribution in [2.45, 2.75) is 27.3 Å². The van der Waals surface area contributed by atoms with E-state index in [0.717, 1.165) is 28.7 Å². The Morgan fingerprint density at radius 3 is 2.53 bits per heavy atom. The zero-order valence-corrected chi connectivity index (χ0v) is 21.0. The van der Waals surface area contributed by atoms with Crippen LogP contribution in [0.4, 0.5) is 11.4 Å². The van der Waals surface area contributed by atoms with Crippen molar-refractivity contribution in [1.82, 2.24) is 9.88 Å². The number of nitro benzene ring substituents is 1. The highest BCUT2D eigenvalue weighted by atomic mass is 32.1. The van der Waals surface area contributed by atoms with Gasteiger partial charge in [-0.15, -0.1) is 0 Å². The fourth-order valence-electron chi connectivity index (χ4n) is 4.11. The molecule has 0 saturated carbocycles. The molecule has 0 spiro atoms. The Labute approximate surface area is 214 Å². The van der Waals surface area contributed by atoms with E-state index in [1.54, 1.807) is 19.1 Å². The molecule has 8 nitrogen and oxygen atoms in total. The predicted octanol–water partition coefficient (Wildman–Crippen LogP) is 5.74. The lowest BCUT2D eigenvalue weighted by atomic mass is 10.1. The van der Waals surface area contributed by atoms with Crippen molar-refractivity contribution in [1.29, 1.82) is 0 Å². The number of nitrogens with zero attached hydrogens (tertiary/aromatic N) is 2. The van der Waals surface area contributed by atoms with Gasteiger partial charge in [-0.1, -0.05) is 30.3 Å². The highest BCUT2D eigenvalue weighted by molar-refractivity contribution is 7.80. The second-order valence-electron chi connectivity index (χ2n) is 8.29. The summed E-state index contributed by atoms with van der Waals surface area (Å²) in [6, 6.07) is 20.1. The maximum atomic E-state index is 12.9. The highest BCUT2D eigenvalue weighted by Gasteiger charge is 2.18. The van der Waals surface area contributed by atoms with Gasteiger partial charge < -0.3 is 14.6 Å². The molecule has 0 unspecified atom stereocenters. The van der Waals surface area contributed by atoms with E-state index < -0.39 is 10.8 Å². The lowest BCUT2D eigenvalue weighted by Gasteiger charge is -2.12. The van der Waals surface area contributed by atoms with Crippen molar-refractivity contribution < 1.29 is 14.5 Å².